The molecule has 0 aliphatic heterocycles. The second-order valence-electron chi connectivity index (χ2n) is 7.83. The first-order chi connectivity index (χ1) is 15.5. The molecule has 0 fully saturated rings. The Morgan fingerprint density at radius 2 is 1.84 bits per heavy atom. The van der Waals surface area contributed by atoms with Crippen molar-refractivity contribution in [3.05, 3.63) is 94.3 Å². The van der Waals surface area contributed by atoms with E-state index in [2.05, 4.69) is 16.0 Å². The molecule has 0 aliphatic rings. The molecule has 0 aliphatic carbocycles. The lowest BCUT2D eigenvalue weighted by Gasteiger charge is -2.12. The molecule has 164 valence electrons. The lowest BCUT2D eigenvalue weighted by atomic mass is 10.1. The average molecular weight is 448 g/mol. The fourth-order valence-corrected chi connectivity index (χ4v) is 3.71. The molecule has 1 aromatic heterocycles. The Kier molecular flexibility index (Phi) is 6.76. The predicted molar refractivity (Wildman–Crippen MR) is 128 cm³/mol. The maximum atomic E-state index is 12.5. The third-order valence-electron chi connectivity index (χ3n) is 5.38. The number of hydrogen-bond donors (Lipinski definition) is 1. The van der Waals surface area contributed by atoms with Gasteiger partial charge in [-0.05, 0) is 68.3 Å². The number of rotatable bonds is 8. The topological polar surface area (TPSA) is 56.2 Å². The summed E-state index contributed by atoms with van der Waals surface area (Å²) in [4.78, 5) is 17.3. The number of carbonyl (C=O) groups is 1. The number of para-hydroxylation sites is 2. The van der Waals surface area contributed by atoms with Crippen LogP contribution in [0.3, 0.4) is 0 Å². The van der Waals surface area contributed by atoms with Gasteiger partial charge in [0.15, 0.2) is 0 Å². The number of aromatic nitrogens is 2. The largest absolute Gasteiger partial charge is 0.494 e. The summed E-state index contributed by atoms with van der Waals surface area (Å²) in [6, 6.07) is 21.2. The molecule has 0 saturated carbocycles. The van der Waals surface area contributed by atoms with Crippen LogP contribution in [0.5, 0.6) is 5.75 Å². The first-order valence-corrected chi connectivity index (χ1v) is 11.1. The summed E-state index contributed by atoms with van der Waals surface area (Å²) >= 11 is 6.08. The van der Waals surface area contributed by atoms with Gasteiger partial charge in [-0.1, -0.05) is 41.4 Å². The zero-order chi connectivity index (χ0) is 22.5. The second kappa shape index (κ2) is 9.88. The van der Waals surface area contributed by atoms with Crippen LogP contribution in [0, 0.1) is 13.8 Å². The molecule has 0 atom stereocenters. The van der Waals surface area contributed by atoms with E-state index in [9.17, 15) is 4.79 Å². The number of ether oxygens (including phenoxy) is 1. The van der Waals surface area contributed by atoms with Crippen LogP contribution in [-0.4, -0.2) is 22.1 Å². The second-order valence-corrected chi connectivity index (χ2v) is 8.24. The van der Waals surface area contributed by atoms with E-state index in [4.69, 9.17) is 21.3 Å². The van der Waals surface area contributed by atoms with E-state index in [1.807, 2.05) is 74.5 Å². The summed E-state index contributed by atoms with van der Waals surface area (Å²) < 4.78 is 8.05. The summed E-state index contributed by atoms with van der Waals surface area (Å²) in [7, 11) is 0. The van der Waals surface area contributed by atoms with Crippen LogP contribution in [0.15, 0.2) is 66.7 Å². The van der Waals surface area contributed by atoms with E-state index in [1.165, 1.54) is 0 Å². The lowest BCUT2D eigenvalue weighted by molar-refractivity contribution is 0.0949. The summed E-state index contributed by atoms with van der Waals surface area (Å²) in [5.74, 6) is 1.53. The number of benzene rings is 3. The van der Waals surface area contributed by atoms with Crippen LogP contribution in [0.25, 0.3) is 11.0 Å². The maximum absolute atomic E-state index is 12.5. The van der Waals surface area contributed by atoms with Crippen LogP contribution in [0.2, 0.25) is 5.02 Å². The lowest BCUT2D eigenvalue weighted by Crippen LogP contribution is -2.25. The van der Waals surface area contributed by atoms with Gasteiger partial charge < -0.3 is 14.6 Å². The molecule has 1 N–H and O–H groups in total. The Morgan fingerprint density at radius 1 is 1.06 bits per heavy atom. The van der Waals surface area contributed by atoms with E-state index in [1.54, 1.807) is 0 Å². The van der Waals surface area contributed by atoms with Gasteiger partial charge in [0.25, 0.3) is 5.91 Å². The van der Waals surface area contributed by atoms with Crippen LogP contribution >= 0.6 is 11.6 Å². The number of amides is 1. The Labute approximate surface area is 193 Å². The molecule has 32 heavy (non-hydrogen) atoms. The fourth-order valence-electron chi connectivity index (χ4n) is 3.60. The minimum atomic E-state index is -0.106. The van der Waals surface area contributed by atoms with Gasteiger partial charge in [0, 0.05) is 17.1 Å². The fraction of sp³-hybridized carbons (Fsp3) is 0.231. The maximum Gasteiger partial charge on any atom is 0.251 e. The Bertz CT molecular complexity index is 1230. The van der Waals surface area contributed by atoms with Crippen molar-refractivity contribution in [3.63, 3.8) is 0 Å². The molecule has 3 aromatic carbocycles. The molecule has 4 aromatic rings. The van der Waals surface area contributed by atoms with Crippen LogP contribution in [0.4, 0.5) is 0 Å². The molecule has 1 amide bonds. The van der Waals surface area contributed by atoms with E-state index >= 15 is 0 Å². The predicted octanol–water partition coefficient (Wildman–Crippen LogP) is 5.71. The molecule has 5 nitrogen and oxygen atoms in total. The molecule has 0 spiro atoms. The minimum absolute atomic E-state index is 0.106. The Morgan fingerprint density at radius 3 is 2.62 bits per heavy atom. The van der Waals surface area contributed by atoms with Gasteiger partial charge in [0.1, 0.15) is 11.6 Å². The van der Waals surface area contributed by atoms with Crippen LogP contribution in [0.1, 0.15) is 33.7 Å². The molecule has 0 bridgehead atoms. The molecule has 0 radical (unpaired) electrons. The Balaban J connectivity index is 1.42. The molecule has 4 rings (SSSR count). The number of hydrogen-bond acceptors (Lipinski definition) is 3. The Hall–Kier alpha value is -3.31. The number of halogens is 1. The normalized spacial score (nSPS) is 11.0. The summed E-state index contributed by atoms with van der Waals surface area (Å²) in [6.45, 7) is 5.63. The number of aryl methyl sites for hydroxylation is 3. The number of nitrogens with zero attached hydrogens (tertiary/aromatic N) is 2. The van der Waals surface area contributed by atoms with Gasteiger partial charge in [-0.25, -0.2) is 4.98 Å². The quantitative estimate of drug-likeness (QED) is 0.352. The highest BCUT2D eigenvalue weighted by atomic mass is 35.5. The van der Waals surface area contributed by atoms with Gasteiger partial charge in [-0.15, -0.1) is 0 Å². The van der Waals surface area contributed by atoms with E-state index in [0.29, 0.717) is 18.7 Å². The number of carbonyl (C=O) groups excluding carboxylic acids is 1. The third kappa shape index (κ3) is 5.11. The van der Waals surface area contributed by atoms with Crippen molar-refractivity contribution in [2.24, 2.45) is 0 Å². The smallest absolute Gasteiger partial charge is 0.251 e. The standard InChI is InChI=1S/C26H26ClN3O2/c1-18-8-10-20(11-9-18)26(31)28-17-25-29-23-6-3-4-7-24(23)30(25)14-5-15-32-21-12-13-22(27)19(2)16-21/h3-4,6-13,16H,5,14-15,17H2,1-2H3,(H,28,31). The van der Waals surface area contributed by atoms with Gasteiger partial charge in [-0.2, -0.15) is 0 Å². The summed E-state index contributed by atoms with van der Waals surface area (Å²) in [6.07, 6.45) is 0.806. The zero-order valence-corrected chi connectivity index (χ0v) is 19.0. The summed E-state index contributed by atoms with van der Waals surface area (Å²) in [5.41, 5.74) is 4.73. The highest BCUT2D eigenvalue weighted by Gasteiger charge is 2.12. The van der Waals surface area contributed by atoms with E-state index < -0.39 is 0 Å². The van der Waals surface area contributed by atoms with Crippen molar-refractivity contribution >= 4 is 28.5 Å². The average Bonchev–Trinajstić information content (AvgIpc) is 3.15. The molecule has 1 heterocycles. The molecular weight excluding hydrogens is 422 g/mol. The van der Waals surface area contributed by atoms with Crippen LogP contribution in [-0.2, 0) is 13.1 Å². The first-order valence-electron chi connectivity index (χ1n) is 10.7. The molecular formula is C26H26ClN3O2. The van der Waals surface area contributed by atoms with Crippen molar-refractivity contribution in [1.82, 2.24) is 14.9 Å². The monoisotopic (exact) mass is 447 g/mol. The number of fused-ring (bicyclic) bond motifs is 1. The number of imidazole rings is 1. The van der Waals surface area contributed by atoms with E-state index in [-0.39, 0.29) is 5.91 Å². The number of nitrogens with one attached hydrogen (secondary N) is 1. The molecule has 0 unspecified atom stereocenters. The molecule has 0 saturated heterocycles. The van der Waals surface area contributed by atoms with Crippen molar-refractivity contribution in [1.29, 1.82) is 0 Å². The van der Waals surface area contributed by atoms with Gasteiger partial charge >= 0.3 is 0 Å². The van der Waals surface area contributed by atoms with Crippen molar-refractivity contribution in [3.8, 4) is 5.75 Å². The highest BCUT2D eigenvalue weighted by Crippen LogP contribution is 2.21. The third-order valence-corrected chi connectivity index (χ3v) is 5.80. The van der Waals surface area contributed by atoms with E-state index in [0.717, 1.165) is 51.7 Å². The zero-order valence-electron chi connectivity index (χ0n) is 18.3. The van der Waals surface area contributed by atoms with Crippen molar-refractivity contribution < 1.29 is 9.53 Å². The highest BCUT2D eigenvalue weighted by molar-refractivity contribution is 6.31. The van der Waals surface area contributed by atoms with Gasteiger partial charge in [0.05, 0.1) is 24.2 Å². The van der Waals surface area contributed by atoms with Gasteiger partial charge in [-0.3, -0.25) is 4.79 Å². The summed E-state index contributed by atoms with van der Waals surface area (Å²) in [5, 5.41) is 3.73. The minimum Gasteiger partial charge on any atom is -0.494 e. The molecule has 6 heteroatoms. The SMILES string of the molecule is Cc1ccc(C(=O)NCc2nc3ccccc3n2CCCOc2ccc(Cl)c(C)c2)cc1. The van der Waals surface area contributed by atoms with Crippen molar-refractivity contribution in [2.75, 3.05) is 6.61 Å². The van der Waals surface area contributed by atoms with Crippen LogP contribution < -0.4 is 10.1 Å². The first kappa shape index (κ1) is 21.9. The van der Waals surface area contributed by atoms with Gasteiger partial charge in [0.2, 0.25) is 0 Å². The van der Waals surface area contributed by atoms with Crippen molar-refractivity contribution in [2.45, 2.75) is 33.4 Å².